The van der Waals surface area contributed by atoms with E-state index in [2.05, 4.69) is 10.3 Å². The molecule has 3 aromatic rings. The van der Waals surface area contributed by atoms with Crippen LogP contribution in [-0.2, 0) is 17.8 Å². The molecule has 0 unspecified atom stereocenters. The fourth-order valence-corrected chi connectivity index (χ4v) is 2.79. The van der Waals surface area contributed by atoms with E-state index in [9.17, 15) is 9.59 Å². The van der Waals surface area contributed by atoms with Crippen LogP contribution in [0.25, 0.3) is 11.0 Å². The lowest BCUT2D eigenvalue weighted by atomic mass is 10.2. The Morgan fingerprint density at radius 3 is 2.52 bits per heavy atom. The second-order valence-corrected chi connectivity index (χ2v) is 5.79. The van der Waals surface area contributed by atoms with Crippen molar-refractivity contribution in [1.29, 1.82) is 0 Å². The zero-order chi connectivity index (χ0) is 17.6. The lowest BCUT2D eigenvalue weighted by Gasteiger charge is -2.08. The summed E-state index contributed by atoms with van der Waals surface area (Å²) >= 11 is 0. The number of nitrogens with two attached hydrogens (primary N) is 1. The van der Waals surface area contributed by atoms with Gasteiger partial charge in [0.1, 0.15) is 12.4 Å². The molecule has 3 rings (SSSR count). The maximum atomic E-state index is 12.0. The Bertz CT molecular complexity index is 887. The summed E-state index contributed by atoms with van der Waals surface area (Å²) < 4.78 is 1.84. The van der Waals surface area contributed by atoms with Crippen LogP contribution in [0.2, 0.25) is 0 Å². The van der Waals surface area contributed by atoms with E-state index < -0.39 is 5.91 Å². The summed E-state index contributed by atoms with van der Waals surface area (Å²) in [6.45, 7) is 0.639. The van der Waals surface area contributed by atoms with Crippen molar-refractivity contribution in [2.45, 2.75) is 19.4 Å². The van der Waals surface area contributed by atoms with Gasteiger partial charge in [-0.15, -0.1) is 0 Å². The number of hydrogen-bond donors (Lipinski definition) is 2. The molecule has 0 aliphatic heterocycles. The van der Waals surface area contributed by atoms with Crippen LogP contribution in [0.3, 0.4) is 0 Å². The highest BCUT2D eigenvalue weighted by molar-refractivity contribution is 5.94. The highest BCUT2D eigenvalue weighted by atomic mass is 16.2. The van der Waals surface area contributed by atoms with Gasteiger partial charge in [0, 0.05) is 18.5 Å². The predicted octanol–water partition coefficient (Wildman–Crippen LogP) is 1.88. The average molecular weight is 336 g/mol. The average Bonchev–Trinajstić information content (AvgIpc) is 2.96. The molecule has 2 amide bonds. The standard InChI is InChI=1S/C19H20N4O2/c20-17(24)13-23-16-10-5-4-9-15(16)22-18(23)11-6-12-21-19(25)14-7-2-1-3-8-14/h1-5,7-10H,6,11-13H2,(H2,20,24)(H,21,25). The summed E-state index contributed by atoms with van der Waals surface area (Å²) in [6, 6.07) is 16.8. The molecule has 0 aliphatic rings. The summed E-state index contributed by atoms with van der Waals surface area (Å²) in [7, 11) is 0. The molecule has 0 spiro atoms. The van der Waals surface area contributed by atoms with Crippen LogP contribution < -0.4 is 11.1 Å². The molecule has 0 radical (unpaired) electrons. The van der Waals surface area contributed by atoms with Crippen molar-refractivity contribution < 1.29 is 9.59 Å². The van der Waals surface area contributed by atoms with Gasteiger partial charge < -0.3 is 15.6 Å². The lowest BCUT2D eigenvalue weighted by Crippen LogP contribution is -2.25. The van der Waals surface area contributed by atoms with Crippen LogP contribution in [0.15, 0.2) is 54.6 Å². The largest absolute Gasteiger partial charge is 0.368 e. The van der Waals surface area contributed by atoms with Crippen molar-refractivity contribution in [3.05, 3.63) is 66.0 Å². The molecule has 0 atom stereocenters. The minimum Gasteiger partial charge on any atom is -0.368 e. The number of primary amides is 1. The number of rotatable bonds is 7. The number of benzene rings is 2. The SMILES string of the molecule is NC(=O)Cn1c(CCCNC(=O)c2ccccc2)nc2ccccc21. The zero-order valence-electron chi connectivity index (χ0n) is 13.8. The van der Waals surface area contributed by atoms with E-state index in [1.165, 1.54) is 0 Å². The van der Waals surface area contributed by atoms with Crippen LogP contribution in [0, 0.1) is 0 Å². The minimum atomic E-state index is -0.401. The van der Waals surface area contributed by atoms with Gasteiger partial charge in [0.05, 0.1) is 11.0 Å². The van der Waals surface area contributed by atoms with Crippen LogP contribution in [0.1, 0.15) is 22.6 Å². The van der Waals surface area contributed by atoms with E-state index in [0.29, 0.717) is 18.5 Å². The number of carbonyl (C=O) groups excluding carboxylic acids is 2. The van der Waals surface area contributed by atoms with Gasteiger partial charge in [-0.25, -0.2) is 4.98 Å². The number of aryl methyl sites for hydroxylation is 1. The quantitative estimate of drug-likeness (QED) is 0.646. The summed E-state index contributed by atoms with van der Waals surface area (Å²) in [6.07, 6.45) is 1.37. The normalized spacial score (nSPS) is 10.7. The van der Waals surface area contributed by atoms with Gasteiger partial charge in [-0.2, -0.15) is 0 Å². The Hall–Kier alpha value is -3.15. The van der Waals surface area contributed by atoms with Crippen molar-refractivity contribution >= 4 is 22.8 Å². The number of nitrogens with zero attached hydrogens (tertiary/aromatic N) is 2. The number of amides is 2. The minimum absolute atomic E-state index is 0.0914. The second-order valence-electron chi connectivity index (χ2n) is 5.79. The van der Waals surface area contributed by atoms with E-state index >= 15 is 0 Å². The first kappa shape index (κ1) is 16.7. The third-order valence-corrected chi connectivity index (χ3v) is 3.95. The van der Waals surface area contributed by atoms with Crippen molar-refractivity contribution in [2.75, 3.05) is 6.54 Å². The highest BCUT2D eigenvalue weighted by Gasteiger charge is 2.12. The number of para-hydroxylation sites is 2. The number of carbonyl (C=O) groups is 2. The predicted molar refractivity (Wildman–Crippen MR) is 96.0 cm³/mol. The van der Waals surface area contributed by atoms with Crippen LogP contribution in [-0.4, -0.2) is 27.9 Å². The van der Waals surface area contributed by atoms with Gasteiger partial charge in [0.25, 0.3) is 5.91 Å². The van der Waals surface area contributed by atoms with Crippen molar-refractivity contribution in [2.24, 2.45) is 5.73 Å². The Balaban J connectivity index is 1.63. The smallest absolute Gasteiger partial charge is 0.251 e. The molecule has 2 aromatic carbocycles. The monoisotopic (exact) mass is 336 g/mol. The van der Waals surface area contributed by atoms with Crippen molar-refractivity contribution in [3.8, 4) is 0 Å². The molecule has 128 valence electrons. The van der Waals surface area contributed by atoms with Gasteiger partial charge in [-0.05, 0) is 30.7 Å². The lowest BCUT2D eigenvalue weighted by molar-refractivity contribution is -0.118. The Morgan fingerprint density at radius 2 is 1.76 bits per heavy atom. The van der Waals surface area contributed by atoms with Gasteiger partial charge in [0.15, 0.2) is 0 Å². The molecule has 6 nitrogen and oxygen atoms in total. The zero-order valence-corrected chi connectivity index (χ0v) is 13.8. The Labute approximate surface area is 145 Å². The first-order valence-corrected chi connectivity index (χ1v) is 8.21. The maximum Gasteiger partial charge on any atom is 0.251 e. The summed E-state index contributed by atoms with van der Waals surface area (Å²) in [5, 5.41) is 2.90. The molecule has 25 heavy (non-hydrogen) atoms. The van der Waals surface area contributed by atoms with E-state index in [1.54, 1.807) is 12.1 Å². The fourth-order valence-electron chi connectivity index (χ4n) is 2.79. The fraction of sp³-hybridized carbons (Fsp3) is 0.211. The maximum absolute atomic E-state index is 12.0. The van der Waals surface area contributed by atoms with Gasteiger partial charge >= 0.3 is 0 Å². The first-order chi connectivity index (χ1) is 12.1. The molecule has 0 aliphatic carbocycles. The number of nitrogens with one attached hydrogen (secondary N) is 1. The Morgan fingerprint density at radius 1 is 1.04 bits per heavy atom. The van der Waals surface area contributed by atoms with E-state index in [-0.39, 0.29) is 12.5 Å². The van der Waals surface area contributed by atoms with E-state index in [0.717, 1.165) is 23.3 Å². The molecule has 3 N–H and O–H groups in total. The molecule has 0 saturated carbocycles. The molecule has 0 bridgehead atoms. The molecular formula is C19H20N4O2. The number of hydrogen-bond acceptors (Lipinski definition) is 3. The number of fused-ring (bicyclic) bond motifs is 1. The van der Waals surface area contributed by atoms with E-state index in [4.69, 9.17) is 5.73 Å². The van der Waals surface area contributed by atoms with Crippen molar-refractivity contribution in [3.63, 3.8) is 0 Å². The van der Waals surface area contributed by atoms with E-state index in [1.807, 2.05) is 47.0 Å². The van der Waals surface area contributed by atoms with Crippen LogP contribution >= 0.6 is 0 Å². The summed E-state index contributed by atoms with van der Waals surface area (Å²) in [5.41, 5.74) is 7.73. The Kier molecular flexibility index (Phi) is 5.09. The van der Waals surface area contributed by atoms with Crippen LogP contribution in [0.5, 0.6) is 0 Å². The molecule has 0 fully saturated rings. The van der Waals surface area contributed by atoms with Crippen LogP contribution in [0.4, 0.5) is 0 Å². The first-order valence-electron chi connectivity index (χ1n) is 8.21. The van der Waals surface area contributed by atoms with Gasteiger partial charge in [0.2, 0.25) is 5.91 Å². The topological polar surface area (TPSA) is 90.0 Å². The number of imidazole rings is 1. The third-order valence-electron chi connectivity index (χ3n) is 3.95. The summed E-state index contributed by atoms with van der Waals surface area (Å²) in [4.78, 5) is 28.0. The third kappa shape index (κ3) is 4.03. The molecule has 0 saturated heterocycles. The summed E-state index contributed by atoms with van der Waals surface area (Å²) in [5.74, 6) is 0.307. The number of aromatic nitrogens is 2. The highest BCUT2D eigenvalue weighted by Crippen LogP contribution is 2.16. The molecule has 6 heteroatoms. The molecule has 1 heterocycles. The van der Waals surface area contributed by atoms with Gasteiger partial charge in [-0.3, -0.25) is 9.59 Å². The van der Waals surface area contributed by atoms with Gasteiger partial charge in [-0.1, -0.05) is 30.3 Å². The molecular weight excluding hydrogens is 316 g/mol. The second kappa shape index (κ2) is 7.61. The molecule has 1 aromatic heterocycles. The van der Waals surface area contributed by atoms with Crippen molar-refractivity contribution in [1.82, 2.24) is 14.9 Å².